The van der Waals surface area contributed by atoms with Gasteiger partial charge >= 0.3 is 5.97 Å². The summed E-state index contributed by atoms with van der Waals surface area (Å²) in [5.41, 5.74) is 0.548. The zero-order chi connectivity index (χ0) is 14.3. The summed E-state index contributed by atoms with van der Waals surface area (Å²) in [5.74, 6) is 0.106. The van der Waals surface area contributed by atoms with Gasteiger partial charge in [-0.25, -0.2) is 0 Å². The van der Waals surface area contributed by atoms with Crippen molar-refractivity contribution in [1.29, 1.82) is 0 Å². The quantitative estimate of drug-likeness (QED) is 0.646. The molecular weight excluding hydrogens is 240 g/mol. The van der Waals surface area contributed by atoms with Crippen LogP contribution in [-0.4, -0.2) is 16.7 Å². The lowest BCUT2D eigenvalue weighted by molar-refractivity contribution is -0.154. The number of phenolic OH excluding ortho intramolecular Hbond substituents is 1. The van der Waals surface area contributed by atoms with E-state index in [2.05, 4.69) is 0 Å². The number of hydrogen-bond acceptors (Lipinski definition) is 3. The maximum atomic E-state index is 11.5. The molecule has 0 unspecified atom stereocenters. The van der Waals surface area contributed by atoms with Gasteiger partial charge in [-0.1, -0.05) is 24.3 Å². The van der Waals surface area contributed by atoms with Gasteiger partial charge in [0.15, 0.2) is 0 Å². The average molecular weight is 262 g/mol. The Balaban J connectivity index is 2.26. The maximum absolute atomic E-state index is 11.5. The fourth-order valence-corrected chi connectivity index (χ4v) is 1.60. The number of esters is 1. The fraction of sp³-hybridized carbons (Fsp3) is 0.438. The van der Waals surface area contributed by atoms with Crippen molar-refractivity contribution in [2.24, 2.45) is 0 Å². The molecule has 3 nitrogen and oxygen atoms in total. The van der Waals surface area contributed by atoms with Gasteiger partial charge in [-0.3, -0.25) is 4.79 Å². The molecule has 3 heteroatoms. The van der Waals surface area contributed by atoms with Crippen molar-refractivity contribution in [3.05, 3.63) is 35.9 Å². The highest BCUT2D eigenvalue weighted by atomic mass is 16.6. The van der Waals surface area contributed by atoms with Gasteiger partial charge in [0.05, 0.1) is 0 Å². The van der Waals surface area contributed by atoms with Crippen LogP contribution in [0.25, 0.3) is 6.08 Å². The molecule has 0 amide bonds. The summed E-state index contributed by atoms with van der Waals surface area (Å²) in [7, 11) is 0. The van der Waals surface area contributed by atoms with Crippen LogP contribution in [0.5, 0.6) is 5.75 Å². The number of hydrogen-bond donors (Lipinski definition) is 1. The zero-order valence-electron chi connectivity index (χ0n) is 11.8. The van der Waals surface area contributed by atoms with Crippen molar-refractivity contribution >= 4 is 12.0 Å². The van der Waals surface area contributed by atoms with E-state index < -0.39 is 5.60 Å². The van der Waals surface area contributed by atoms with Crippen molar-refractivity contribution in [1.82, 2.24) is 0 Å². The molecule has 0 aromatic heterocycles. The predicted octanol–water partition coefficient (Wildman–Crippen LogP) is 3.92. The highest BCUT2D eigenvalue weighted by Crippen LogP contribution is 2.13. The number of unbranched alkanes of at least 4 members (excludes halogenated alkanes) is 1. The maximum Gasteiger partial charge on any atom is 0.306 e. The minimum atomic E-state index is -0.408. The predicted molar refractivity (Wildman–Crippen MR) is 76.8 cm³/mol. The van der Waals surface area contributed by atoms with Gasteiger partial charge in [-0.15, -0.1) is 0 Å². The summed E-state index contributed by atoms with van der Waals surface area (Å²) in [4.78, 5) is 11.5. The van der Waals surface area contributed by atoms with E-state index in [0.29, 0.717) is 6.42 Å². The van der Waals surface area contributed by atoms with E-state index in [1.807, 2.05) is 39.0 Å². The second-order valence-corrected chi connectivity index (χ2v) is 5.48. The minimum Gasteiger partial charge on any atom is -0.508 e. The lowest BCUT2D eigenvalue weighted by atomic mass is 10.1. The van der Waals surface area contributed by atoms with Gasteiger partial charge in [0.2, 0.25) is 0 Å². The molecule has 104 valence electrons. The van der Waals surface area contributed by atoms with Crippen LogP contribution in [-0.2, 0) is 9.53 Å². The highest BCUT2D eigenvalue weighted by Gasteiger charge is 2.15. The van der Waals surface area contributed by atoms with Crippen molar-refractivity contribution < 1.29 is 14.6 Å². The van der Waals surface area contributed by atoms with Crippen LogP contribution in [0.4, 0.5) is 0 Å². The minimum absolute atomic E-state index is 0.154. The monoisotopic (exact) mass is 262 g/mol. The van der Waals surface area contributed by atoms with Crippen LogP contribution >= 0.6 is 0 Å². The number of aromatic hydroxyl groups is 1. The molecular formula is C16H22O3. The molecule has 0 radical (unpaired) electrons. The number of carbonyl (C=O) groups excluding carboxylic acids is 1. The van der Waals surface area contributed by atoms with E-state index in [1.165, 1.54) is 0 Å². The van der Waals surface area contributed by atoms with Crippen molar-refractivity contribution in [3.63, 3.8) is 0 Å². The molecule has 0 spiro atoms. The van der Waals surface area contributed by atoms with Crippen molar-refractivity contribution in [2.75, 3.05) is 0 Å². The summed E-state index contributed by atoms with van der Waals surface area (Å²) in [6.07, 6.45) is 5.95. The number of allylic oxidation sites excluding steroid dienone is 1. The van der Waals surface area contributed by atoms with E-state index >= 15 is 0 Å². The topological polar surface area (TPSA) is 46.5 Å². The molecule has 0 saturated heterocycles. The third kappa shape index (κ3) is 7.29. The van der Waals surface area contributed by atoms with E-state index in [-0.39, 0.29) is 11.7 Å². The Kier molecular flexibility index (Phi) is 5.61. The molecule has 0 atom stereocenters. The Bertz CT molecular complexity index is 442. The third-order valence-corrected chi connectivity index (χ3v) is 2.35. The Labute approximate surface area is 114 Å². The van der Waals surface area contributed by atoms with Crippen LogP contribution in [0.15, 0.2) is 30.3 Å². The Hall–Kier alpha value is -1.77. The van der Waals surface area contributed by atoms with Crippen LogP contribution in [0.3, 0.4) is 0 Å². The number of phenols is 1. The van der Waals surface area contributed by atoms with Crippen LogP contribution in [0.1, 0.15) is 45.6 Å². The lowest BCUT2D eigenvalue weighted by Gasteiger charge is -2.19. The zero-order valence-corrected chi connectivity index (χ0v) is 11.8. The first kappa shape index (κ1) is 15.3. The molecule has 0 heterocycles. The normalized spacial score (nSPS) is 11.7. The second kappa shape index (κ2) is 6.98. The van der Waals surface area contributed by atoms with Gasteiger partial charge in [0.1, 0.15) is 11.4 Å². The SMILES string of the molecule is CC(C)(C)OC(=O)CCCC=Cc1cccc(O)c1. The molecule has 0 aliphatic carbocycles. The summed E-state index contributed by atoms with van der Waals surface area (Å²) >= 11 is 0. The standard InChI is InChI=1S/C16H22O3/c1-16(2,3)19-15(18)11-6-4-5-8-13-9-7-10-14(17)12-13/h5,7-10,12,17H,4,6,11H2,1-3H3. The van der Waals surface area contributed by atoms with E-state index in [9.17, 15) is 9.90 Å². The second-order valence-electron chi connectivity index (χ2n) is 5.48. The van der Waals surface area contributed by atoms with Crippen LogP contribution in [0, 0.1) is 0 Å². The molecule has 1 aromatic carbocycles. The summed E-state index contributed by atoms with van der Waals surface area (Å²) < 4.78 is 5.22. The van der Waals surface area contributed by atoms with E-state index in [1.54, 1.807) is 18.2 Å². The van der Waals surface area contributed by atoms with Gasteiger partial charge in [0, 0.05) is 6.42 Å². The molecule has 19 heavy (non-hydrogen) atoms. The van der Waals surface area contributed by atoms with Gasteiger partial charge in [-0.2, -0.15) is 0 Å². The van der Waals surface area contributed by atoms with Crippen molar-refractivity contribution in [2.45, 2.75) is 45.6 Å². The first-order valence-corrected chi connectivity index (χ1v) is 6.54. The number of rotatable bonds is 5. The number of benzene rings is 1. The molecule has 1 N–H and O–H groups in total. The van der Waals surface area contributed by atoms with Gasteiger partial charge in [0.25, 0.3) is 0 Å². The molecule has 1 aromatic rings. The lowest BCUT2D eigenvalue weighted by Crippen LogP contribution is -2.23. The third-order valence-electron chi connectivity index (χ3n) is 2.35. The highest BCUT2D eigenvalue weighted by molar-refractivity contribution is 5.69. The van der Waals surface area contributed by atoms with Crippen LogP contribution < -0.4 is 0 Å². The Morgan fingerprint density at radius 3 is 2.74 bits per heavy atom. The Morgan fingerprint density at radius 2 is 2.11 bits per heavy atom. The first-order chi connectivity index (χ1) is 8.87. The molecule has 0 fully saturated rings. The number of carbonyl (C=O) groups is 1. The smallest absolute Gasteiger partial charge is 0.306 e. The summed E-state index contributed by atoms with van der Waals surface area (Å²) in [6.45, 7) is 5.60. The van der Waals surface area contributed by atoms with Crippen molar-refractivity contribution in [3.8, 4) is 5.75 Å². The fourth-order valence-electron chi connectivity index (χ4n) is 1.60. The summed E-state index contributed by atoms with van der Waals surface area (Å²) in [6, 6.07) is 7.06. The largest absolute Gasteiger partial charge is 0.508 e. The number of ether oxygens (including phenoxy) is 1. The average Bonchev–Trinajstić information content (AvgIpc) is 2.26. The molecule has 0 aliphatic rings. The van der Waals surface area contributed by atoms with Crippen LogP contribution in [0.2, 0.25) is 0 Å². The molecule has 0 saturated carbocycles. The summed E-state index contributed by atoms with van der Waals surface area (Å²) in [5, 5.41) is 9.30. The Morgan fingerprint density at radius 1 is 1.37 bits per heavy atom. The first-order valence-electron chi connectivity index (χ1n) is 6.54. The van der Waals surface area contributed by atoms with E-state index in [0.717, 1.165) is 18.4 Å². The molecule has 0 aliphatic heterocycles. The van der Waals surface area contributed by atoms with Gasteiger partial charge in [-0.05, 0) is 51.3 Å². The molecule has 0 bridgehead atoms. The molecule has 1 rings (SSSR count). The van der Waals surface area contributed by atoms with E-state index in [4.69, 9.17) is 4.74 Å². The van der Waals surface area contributed by atoms with Gasteiger partial charge < -0.3 is 9.84 Å².